The van der Waals surface area contributed by atoms with Gasteiger partial charge in [-0.1, -0.05) is 11.6 Å². The van der Waals surface area contributed by atoms with Crippen LogP contribution in [0.25, 0.3) is 0 Å². The first kappa shape index (κ1) is 14.8. The number of hydrogen-bond acceptors (Lipinski definition) is 4. The van der Waals surface area contributed by atoms with Crippen molar-refractivity contribution in [3.63, 3.8) is 0 Å². The van der Waals surface area contributed by atoms with E-state index in [2.05, 4.69) is 25.6 Å². The number of rotatable bonds is 4. The molecular weight excluding hydrogens is 332 g/mol. The van der Waals surface area contributed by atoms with Crippen LogP contribution in [0.1, 0.15) is 13.8 Å². The highest BCUT2D eigenvalue weighted by Crippen LogP contribution is 2.34. The second-order valence-corrected chi connectivity index (χ2v) is 7.82. The van der Waals surface area contributed by atoms with Gasteiger partial charge in [0.05, 0.1) is 0 Å². The number of halogens is 2. The zero-order valence-electron chi connectivity index (χ0n) is 9.18. The van der Waals surface area contributed by atoms with Crippen LogP contribution in [0, 0.1) is 0 Å². The van der Waals surface area contributed by atoms with Crippen LogP contribution < -0.4 is 4.72 Å². The van der Waals surface area contributed by atoms with Crippen molar-refractivity contribution in [2.45, 2.75) is 28.3 Å². The van der Waals surface area contributed by atoms with Crippen LogP contribution in [0.3, 0.4) is 0 Å². The Morgan fingerprint density at radius 1 is 1.53 bits per heavy atom. The molecule has 8 heteroatoms. The van der Waals surface area contributed by atoms with Gasteiger partial charge in [0.15, 0.2) is 3.91 Å². The molecular formula is C9H12BrClN2O3S. The standard InChI is InChI=1S/C9H12BrClN2O3S/c1-8(2,14)9(10,11)13-17(15,16)7-4-3-5-12-6-7/h3-6,13-14H,1-2H3. The fourth-order valence-corrected chi connectivity index (χ4v) is 2.97. The van der Waals surface area contributed by atoms with Crippen molar-refractivity contribution >= 4 is 37.6 Å². The molecule has 1 aromatic heterocycles. The normalized spacial score (nSPS) is 16.5. The van der Waals surface area contributed by atoms with Crippen LogP contribution in [-0.4, -0.2) is 28.0 Å². The zero-order chi connectivity index (χ0) is 13.3. The van der Waals surface area contributed by atoms with Gasteiger partial charge in [0.2, 0.25) is 10.0 Å². The van der Waals surface area contributed by atoms with E-state index in [1.165, 1.54) is 38.4 Å². The number of nitrogens with one attached hydrogen (secondary N) is 1. The van der Waals surface area contributed by atoms with E-state index < -0.39 is 19.5 Å². The van der Waals surface area contributed by atoms with E-state index in [1.807, 2.05) is 0 Å². The number of nitrogens with zero attached hydrogens (tertiary/aromatic N) is 1. The molecule has 0 aliphatic heterocycles. The molecule has 1 heterocycles. The molecule has 96 valence electrons. The fourth-order valence-electron chi connectivity index (χ4n) is 0.859. The van der Waals surface area contributed by atoms with E-state index in [9.17, 15) is 13.5 Å². The van der Waals surface area contributed by atoms with Crippen molar-refractivity contribution in [2.24, 2.45) is 0 Å². The molecule has 1 rings (SSSR count). The monoisotopic (exact) mass is 342 g/mol. The number of alkyl halides is 2. The second kappa shape index (κ2) is 4.81. The first-order valence-electron chi connectivity index (χ1n) is 4.60. The van der Waals surface area contributed by atoms with E-state index in [0.717, 1.165) is 0 Å². The Kier molecular flexibility index (Phi) is 4.20. The van der Waals surface area contributed by atoms with Gasteiger partial charge in [0.1, 0.15) is 10.5 Å². The molecule has 0 radical (unpaired) electrons. The van der Waals surface area contributed by atoms with Crippen LogP contribution in [0.2, 0.25) is 0 Å². The maximum Gasteiger partial charge on any atom is 0.244 e. The van der Waals surface area contributed by atoms with E-state index in [1.54, 1.807) is 0 Å². The average Bonchev–Trinajstić information content (AvgIpc) is 2.15. The lowest BCUT2D eigenvalue weighted by atomic mass is 10.1. The molecule has 0 fully saturated rings. The minimum absolute atomic E-state index is 0.0336. The fraction of sp³-hybridized carbons (Fsp3) is 0.444. The highest BCUT2D eigenvalue weighted by molar-refractivity contribution is 9.10. The van der Waals surface area contributed by atoms with Crippen LogP contribution in [0.5, 0.6) is 0 Å². The first-order chi connectivity index (χ1) is 7.56. The third-order valence-electron chi connectivity index (χ3n) is 1.98. The molecule has 5 nitrogen and oxygen atoms in total. The summed E-state index contributed by atoms with van der Waals surface area (Å²) in [6.45, 7) is 2.75. The molecule has 1 unspecified atom stereocenters. The minimum Gasteiger partial charge on any atom is -0.386 e. The van der Waals surface area contributed by atoms with Gasteiger partial charge in [0, 0.05) is 12.4 Å². The minimum atomic E-state index is -3.85. The highest BCUT2D eigenvalue weighted by Gasteiger charge is 2.43. The van der Waals surface area contributed by atoms with Crippen molar-refractivity contribution in [1.29, 1.82) is 0 Å². The van der Waals surface area contributed by atoms with E-state index in [0.29, 0.717) is 0 Å². The molecule has 0 saturated carbocycles. The van der Waals surface area contributed by atoms with E-state index >= 15 is 0 Å². The number of aliphatic hydroxyl groups is 1. The molecule has 0 saturated heterocycles. The van der Waals surface area contributed by atoms with Crippen molar-refractivity contribution in [2.75, 3.05) is 0 Å². The maximum atomic E-state index is 11.9. The largest absolute Gasteiger partial charge is 0.386 e. The summed E-state index contributed by atoms with van der Waals surface area (Å²) in [6.07, 6.45) is 2.64. The summed E-state index contributed by atoms with van der Waals surface area (Å²) >= 11 is 8.84. The first-order valence-corrected chi connectivity index (χ1v) is 7.26. The Bertz CT molecular complexity index is 485. The molecule has 0 aliphatic rings. The lowest BCUT2D eigenvalue weighted by molar-refractivity contribution is 0.0633. The van der Waals surface area contributed by atoms with Crippen LogP contribution in [0.4, 0.5) is 0 Å². The Balaban J connectivity index is 3.04. The summed E-state index contributed by atoms with van der Waals surface area (Å²) in [4.78, 5) is 3.67. The van der Waals surface area contributed by atoms with Crippen molar-refractivity contribution in [3.05, 3.63) is 24.5 Å². The van der Waals surface area contributed by atoms with E-state index in [-0.39, 0.29) is 4.90 Å². The van der Waals surface area contributed by atoms with Gasteiger partial charge < -0.3 is 5.11 Å². The zero-order valence-corrected chi connectivity index (χ0v) is 12.3. The van der Waals surface area contributed by atoms with Gasteiger partial charge in [-0.2, -0.15) is 4.72 Å². The highest BCUT2D eigenvalue weighted by atomic mass is 79.9. The lowest BCUT2D eigenvalue weighted by Gasteiger charge is -2.32. The third-order valence-corrected chi connectivity index (χ3v) is 5.51. The predicted molar refractivity (Wildman–Crippen MR) is 68.4 cm³/mol. The maximum absolute atomic E-state index is 11.9. The molecule has 1 atom stereocenters. The number of sulfonamides is 1. The van der Waals surface area contributed by atoms with Crippen molar-refractivity contribution in [3.8, 4) is 0 Å². The number of aromatic nitrogens is 1. The molecule has 0 aliphatic carbocycles. The van der Waals surface area contributed by atoms with Gasteiger partial charge in [-0.05, 0) is 41.9 Å². The summed E-state index contributed by atoms with van der Waals surface area (Å²) in [7, 11) is -3.85. The lowest BCUT2D eigenvalue weighted by Crippen LogP contribution is -2.53. The van der Waals surface area contributed by atoms with Crippen LogP contribution in [-0.2, 0) is 10.0 Å². The smallest absolute Gasteiger partial charge is 0.244 e. The molecule has 2 N–H and O–H groups in total. The Labute approximate surface area is 113 Å². The molecule has 0 aromatic carbocycles. The Morgan fingerprint density at radius 2 is 2.12 bits per heavy atom. The molecule has 0 bridgehead atoms. The van der Waals surface area contributed by atoms with Crippen molar-refractivity contribution < 1.29 is 13.5 Å². The predicted octanol–water partition coefficient (Wildman–Crippen LogP) is 1.42. The summed E-state index contributed by atoms with van der Waals surface area (Å²) in [6, 6.07) is 2.86. The van der Waals surface area contributed by atoms with Gasteiger partial charge in [0.25, 0.3) is 0 Å². The van der Waals surface area contributed by atoms with Gasteiger partial charge >= 0.3 is 0 Å². The van der Waals surface area contributed by atoms with Gasteiger partial charge in [-0.3, -0.25) is 4.98 Å². The second-order valence-electron chi connectivity index (χ2n) is 3.93. The summed E-state index contributed by atoms with van der Waals surface area (Å²) in [5, 5.41) is 9.73. The molecule has 17 heavy (non-hydrogen) atoms. The number of hydrogen-bond donors (Lipinski definition) is 2. The summed E-state index contributed by atoms with van der Waals surface area (Å²) in [5.41, 5.74) is -1.50. The number of pyridine rings is 1. The van der Waals surface area contributed by atoms with Gasteiger partial charge in [-0.25, -0.2) is 8.42 Å². The third kappa shape index (κ3) is 3.62. The topological polar surface area (TPSA) is 79.3 Å². The van der Waals surface area contributed by atoms with Crippen LogP contribution in [0.15, 0.2) is 29.4 Å². The Hall–Kier alpha value is -0.210. The van der Waals surface area contributed by atoms with Gasteiger partial charge in [-0.15, -0.1) is 0 Å². The van der Waals surface area contributed by atoms with E-state index in [4.69, 9.17) is 11.6 Å². The molecule has 0 amide bonds. The van der Waals surface area contributed by atoms with Crippen LogP contribution >= 0.6 is 27.5 Å². The van der Waals surface area contributed by atoms with Crippen molar-refractivity contribution in [1.82, 2.24) is 9.71 Å². The average molecular weight is 344 g/mol. The summed E-state index contributed by atoms with van der Waals surface area (Å²) < 4.78 is 24.3. The molecule has 0 spiro atoms. The molecule has 1 aromatic rings. The SMILES string of the molecule is CC(C)(O)C(Cl)(Br)NS(=O)(=O)c1cccnc1. The summed E-state index contributed by atoms with van der Waals surface area (Å²) in [5.74, 6) is 0. The quantitative estimate of drug-likeness (QED) is 0.640. The Morgan fingerprint density at radius 3 is 2.53 bits per heavy atom.